The molecule has 0 saturated carbocycles. The molecule has 0 fully saturated rings. The van der Waals surface area contributed by atoms with Crippen LogP contribution in [0, 0.1) is 3.57 Å². The Balaban J connectivity index is 2.93. The SMILES string of the molecule is O=C(CCl)Cc1c(Cl)cccc1I. The molecule has 1 rings (SSSR count). The van der Waals surface area contributed by atoms with Crippen molar-refractivity contribution in [1.82, 2.24) is 0 Å². The van der Waals surface area contributed by atoms with Crippen LogP contribution in [0.15, 0.2) is 18.2 Å². The molecule has 0 aromatic heterocycles. The van der Waals surface area contributed by atoms with Gasteiger partial charge in [-0.3, -0.25) is 4.79 Å². The number of ketones is 1. The summed E-state index contributed by atoms with van der Waals surface area (Å²) in [5, 5.41) is 0.630. The molecule has 0 spiro atoms. The first-order chi connectivity index (χ1) is 6.15. The molecule has 0 amide bonds. The van der Waals surface area contributed by atoms with Crippen molar-refractivity contribution < 1.29 is 4.79 Å². The molecule has 0 N–H and O–H groups in total. The highest BCUT2D eigenvalue weighted by Crippen LogP contribution is 2.22. The van der Waals surface area contributed by atoms with Crippen LogP contribution in [0.2, 0.25) is 5.02 Å². The molecular formula is C9H7Cl2IO. The predicted molar refractivity (Wildman–Crippen MR) is 63.6 cm³/mol. The van der Waals surface area contributed by atoms with E-state index in [-0.39, 0.29) is 11.7 Å². The van der Waals surface area contributed by atoms with Crippen molar-refractivity contribution >= 4 is 51.6 Å². The lowest BCUT2D eigenvalue weighted by Gasteiger charge is -2.04. The Kier molecular flexibility index (Phi) is 4.49. The van der Waals surface area contributed by atoms with Gasteiger partial charge >= 0.3 is 0 Å². The van der Waals surface area contributed by atoms with Gasteiger partial charge in [-0.25, -0.2) is 0 Å². The Hall–Kier alpha value is 0.200. The van der Waals surface area contributed by atoms with Crippen LogP contribution in [-0.2, 0) is 11.2 Å². The van der Waals surface area contributed by atoms with Gasteiger partial charge in [0.1, 0.15) is 0 Å². The zero-order valence-electron chi connectivity index (χ0n) is 6.69. The zero-order valence-corrected chi connectivity index (χ0v) is 10.4. The fourth-order valence-electron chi connectivity index (χ4n) is 0.946. The molecular weight excluding hydrogens is 322 g/mol. The van der Waals surface area contributed by atoms with Gasteiger partial charge in [0, 0.05) is 15.0 Å². The molecule has 0 aliphatic rings. The third kappa shape index (κ3) is 3.11. The molecule has 13 heavy (non-hydrogen) atoms. The van der Waals surface area contributed by atoms with Crippen molar-refractivity contribution in [3.05, 3.63) is 32.4 Å². The highest BCUT2D eigenvalue weighted by molar-refractivity contribution is 14.1. The lowest BCUT2D eigenvalue weighted by molar-refractivity contribution is -0.116. The van der Waals surface area contributed by atoms with E-state index in [9.17, 15) is 4.79 Å². The van der Waals surface area contributed by atoms with Gasteiger partial charge in [0.15, 0.2) is 5.78 Å². The summed E-state index contributed by atoms with van der Waals surface area (Å²) in [5.74, 6) is 0.0362. The zero-order chi connectivity index (χ0) is 9.84. The van der Waals surface area contributed by atoms with E-state index in [1.807, 2.05) is 12.1 Å². The monoisotopic (exact) mass is 328 g/mol. The van der Waals surface area contributed by atoms with Crippen molar-refractivity contribution in [2.75, 3.05) is 5.88 Å². The Morgan fingerprint density at radius 1 is 1.46 bits per heavy atom. The second kappa shape index (κ2) is 5.17. The number of Topliss-reactive ketones (excluding diaryl/α,β-unsaturated/α-hetero) is 1. The van der Waals surface area contributed by atoms with Gasteiger partial charge in [-0.2, -0.15) is 0 Å². The molecule has 0 heterocycles. The van der Waals surface area contributed by atoms with Gasteiger partial charge in [-0.1, -0.05) is 17.7 Å². The number of benzene rings is 1. The van der Waals surface area contributed by atoms with Gasteiger partial charge in [0.05, 0.1) is 5.88 Å². The minimum Gasteiger partial charge on any atom is -0.298 e. The highest BCUT2D eigenvalue weighted by Gasteiger charge is 2.08. The van der Waals surface area contributed by atoms with Crippen LogP contribution in [0.5, 0.6) is 0 Å². The Labute approximate surface area is 101 Å². The van der Waals surface area contributed by atoms with Gasteiger partial charge in [-0.15, -0.1) is 11.6 Å². The van der Waals surface area contributed by atoms with E-state index >= 15 is 0 Å². The van der Waals surface area contributed by atoms with Crippen molar-refractivity contribution in [3.63, 3.8) is 0 Å². The summed E-state index contributed by atoms with van der Waals surface area (Å²) in [6.45, 7) is 0. The van der Waals surface area contributed by atoms with Gasteiger partial charge in [0.2, 0.25) is 0 Å². The van der Waals surface area contributed by atoms with Crippen LogP contribution in [-0.4, -0.2) is 11.7 Å². The van der Waals surface area contributed by atoms with Crippen LogP contribution >= 0.6 is 45.8 Å². The molecule has 0 unspecified atom stereocenters. The summed E-state index contributed by atoms with van der Waals surface area (Å²) < 4.78 is 1.00. The minimum absolute atomic E-state index is 0.00678. The molecule has 0 aliphatic heterocycles. The number of carbonyl (C=O) groups excluding carboxylic acids is 1. The second-order valence-corrected chi connectivity index (χ2v) is 4.39. The molecule has 4 heteroatoms. The van der Waals surface area contributed by atoms with E-state index in [1.54, 1.807) is 6.07 Å². The first-order valence-electron chi connectivity index (χ1n) is 3.65. The van der Waals surface area contributed by atoms with E-state index in [0.29, 0.717) is 11.4 Å². The van der Waals surface area contributed by atoms with Crippen molar-refractivity contribution in [1.29, 1.82) is 0 Å². The quantitative estimate of drug-likeness (QED) is 0.614. The number of hydrogen-bond acceptors (Lipinski definition) is 1. The first kappa shape index (κ1) is 11.3. The topological polar surface area (TPSA) is 17.1 Å². The fraction of sp³-hybridized carbons (Fsp3) is 0.222. The highest BCUT2D eigenvalue weighted by atomic mass is 127. The Morgan fingerprint density at radius 2 is 2.15 bits per heavy atom. The molecule has 70 valence electrons. The fourth-order valence-corrected chi connectivity index (χ4v) is 2.13. The van der Waals surface area contributed by atoms with Crippen LogP contribution in [0.4, 0.5) is 0 Å². The average Bonchev–Trinajstić information content (AvgIpc) is 2.11. The maximum atomic E-state index is 11.1. The number of alkyl halides is 1. The smallest absolute Gasteiger partial charge is 0.152 e. The van der Waals surface area contributed by atoms with E-state index in [4.69, 9.17) is 23.2 Å². The normalized spacial score (nSPS) is 10.1. The van der Waals surface area contributed by atoms with Crippen molar-refractivity contribution in [3.8, 4) is 0 Å². The summed E-state index contributed by atoms with van der Waals surface area (Å²) in [6, 6.07) is 5.56. The van der Waals surface area contributed by atoms with Gasteiger partial charge in [0.25, 0.3) is 0 Å². The summed E-state index contributed by atoms with van der Waals surface area (Å²) in [4.78, 5) is 11.1. The Morgan fingerprint density at radius 3 is 2.69 bits per heavy atom. The maximum Gasteiger partial charge on any atom is 0.152 e. The third-order valence-electron chi connectivity index (χ3n) is 1.58. The molecule has 0 saturated heterocycles. The van der Waals surface area contributed by atoms with Gasteiger partial charge < -0.3 is 0 Å². The summed E-state index contributed by atoms with van der Waals surface area (Å²) in [7, 11) is 0. The lowest BCUT2D eigenvalue weighted by atomic mass is 10.1. The molecule has 0 bridgehead atoms. The first-order valence-corrected chi connectivity index (χ1v) is 5.65. The van der Waals surface area contributed by atoms with E-state index in [2.05, 4.69) is 22.6 Å². The van der Waals surface area contributed by atoms with Crippen LogP contribution < -0.4 is 0 Å². The van der Waals surface area contributed by atoms with Crippen LogP contribution in [0.25, 0.3) is 0 Å². The molecule has 0 aliphatic carbocycles. The largest absolute Gasteiger partial charge is 0.298 e. The summed E-state index contributed by atoms with van der Waals surface area (Å²) >= 11 is 13.5. The molecule has 1 aromatic carbocycles. The van der Waals surface area contributed by atoms with Crippen molar-refractivity contribution in [2.24, 2.45) is 0 Å². The molecule has 0 radical (unpaired) electrons. The van der Waals surface area contributed by atoms with E-state index in [1.165, 1.54) is 0 Å². The number of carbonyl (C=O) groups is 1. The molecule has 0 atom stereocenters. The minimum atomic E-state index is -0.00678. The number of hydrogen-bond donors (Lipinski definition) is 0. The van der Waals surface area contributed by atoms with E-state index in [0.717, 1.165) is 9.13 Å². The molecule has 1 nitrogen and oxygen atoms in total. The average molecular weight is 329 g/mol. The van der Waals surface area contributed by atoms with Crippen LogP contribution in [0.3, 0.4) is 0 Å². The number of rotatable bonds is 3. The molecule has 1 aromatic rings. The number of halogens is 3. The summed E-state index contributed by atoms with van der Waals surface area (Å²) in [6.07, 6.45) is 0.321. The van der Waals surface area contributed by atoms with Crippen molar-refractivity contribution in [2.45, 2.75) is 6.42 Å². The van der Waals surface area contributed by atoms with Crippen LogP contribution in [0.1, 0.15) is 5.56 Å². The lowest BCUT2D eigenvalue weighted by Crippen LogP contribution is -2.05. The summed E-state index contributed by atoms with van der Waals surface area (Å²) in [5.41, 5.74) is 0.871. The van der Waals surface area contributed by atoms with E-state index < -0.39 is 0 Å². The maximum absolute atomic E-state index is 11.1. The Bertz CT molecular complexity index is 305. The third-order valence-corrected chi connectivity index (χ3v) is 3.25. The standard InChI is InChI=1S/C9H7Cl2IO/c10-5-6(13)4-7-8(11)2-1-3-9(7)12/h1-3H,4-5H2. The predicted octanol–water partition coefficient (Wildman–Crippen LogP) is 3.30. The second-order valence-electron chi connectivity index (χ2n) is 2.55. The van der Waals surface area contributed by atoms with Gasteiger partial charge in [-0.05, 0) is 40.3 Å².